The van der Waals surface area contributed by atoms with Crippen molar-refractivity contribution in [3.05, 3.63) is 12.7 Å². The van der Waals surface area contributed by atoms with E-state index in [0.717, 1.165) is 13.0 Å². The van der Waals surface area contributed by atoms with Gasteiger partial charge in [-0.3, -0.25) is 0 Å². The molecule has 0 aliphatic carbocycles. The summed E-state index contributed by atoms with van der Waals surface area (Å²) in [6.45, 7) is 7.58. The number of hydrogen-bond acceptors (Lipinski definition) is 3. The molecule has 1 aliphatic heterocycles. The second-order valence-corrected chi connectivity index (χ2v) is 3.91. The van der Waals surface area contributed by atoms with Crippen LogP contribution in [-0.4, -0.2) is 39.0 Å². The molecule has 0 aromatic carbocycles. The molecule has 1 N–H and O–H groups in total. The minimum atomic E-state index is 0.619. The smallest absolute Gasteiger partial charge is 0.0704 e. The molecule has 1 fully saturated rings. The van der Waals surface area contributed by atoms with E-state index in [1.165, 1.54) is 25.8 Å². The van der Waals surface area contributed by atoms with E-state index in [2.05, 4.69) is 11.9 Å². The van der Waals surface area contributed by atoms with Crippen LogP contribution < -0.4 is 5.32 Å². The van der Waals surface area contributed by atoms with E-state index in [1.54, 1.807) is 6.08 Å². The van der Waals surface area contributed by atoms with Gasteiger partial charge in [0.05, 0.1) is 19.8 Å². The molecule has 1 atom stereocenters. The van der Waals surface area contributed by atoms with Crippen molar-refractivity contribution in [3.8, 4) is 0 Å². The molecule has 0 aromatic heterocycles. The van der Waals surface area contributed by atoms with Gasteiger partial charge >= 0.3 is 0 Å². The van der Waals surface area contributed by atoms with Crippen LogP contribution in [0.3, 0.4) is 0 Å². The Morgan fingerprint density at radius 1 is 1.20 bits per heavy atom. The molecule has 0 bridgehead atoms. The van der Waals surface area contributed by atoms with Crippen LogP contribution in [0.1, 0.15) is 25.7 Å². The lowest BCUT2D eigenvalue weighted by Gasteiger charge is -2.23. The summed E-state index contributed by atoms with van der Waals surface area (Å²) in [5, 5.41) is 3.51. The first-order chi connectivity index (χ1) is 7.43. The third-order valence-electron chi connectivity index (χ3n) is 2.63. The summed E-state index contributed by atoms with van der Waals surface area (Å²) in [5.41, 5.74) is 0. The molecule has 1 saturated heterocycles. The van der Waals surface area contributed by atoms with Crippen molar-refractivity contribution >= 4 is 0 Å². The van der Waals surface area contributed by atoms with Crippen molar-refractivity contribution in [1.29, 1.82) is 0 Å². The zero-order valence-electron chi connectivity index (χ0n) is 9.54. The van der Waals surface area contributed by atoms with Crippen molar-refractivity contribution in [1.82, 2.24) is 5.32 Å². The largest absolute Gasteiger partial charge is 0.379 e. The summed E-state index contributed by atoms with van der Waals surface area (Å²) >= 11 is 0. The lowest BCUT2D eigenvalue weighted by Crippen LogP contribution is -2.34. The summed E-state index contributed by atoms with van der Waals surface area (Å²) in [5.74, 6) is 0. The maximum absolute atomic E-state index is 5.48. The first kappa shape index (κ1) is 12.7. The molecular formula is C12H23NO2. The standard InChI is InChI=1S/C12H23NO2/c1-2-8-14-10-11-15-9-6-12-5-3-4-7-13-12/h2,12-13H,1,3-11H2/t12-/m1/s1. The Morgan fingerprint density at radius 2 is 2.07 bits per heavy atom. The van der Waals surface area contributed by atoms with Gasteiger partial charge in [-0.2, -0.15) is 0 Å². The zero-order valence-corrected chi connectivity index (χ0v) is 9.54. The van der Waals surface area contributed by atoms with E-state index in [9.17, 15) is 0 Å². The quantitative estimate of drug-likeness (QED) is 0.492. The van der Waals surface area contributed by atoms with Gasteiger partial charge in [-0.15, -0.1) is 6.58 Å². The summed E-state index contributed by atoms with van der Waals surface area (Å²) < 4.78 is 10.7. The summed E-state index contributed by atoms with van der Waals surface area (Å²) in [6, 6.07) is 0.674. The fourth-order valence-electron chi connectivity index (χ4n) is 1.78. The third kappa shape index (κ3) is 6.66. The SMILES string of the molecule is C=CCOCCOCC[C@H]1CCCCN1. The minimum absolute atomic E-state index is 0.619. The van der Waals surface area contributed by atoms with Gasteiger partial charge in [-0.25, -0.2) is 0 Å². The van der Waals surface area contributed by atoms with Gasteiger partial charge < -0.3 is 14.8 Å². The van der Waals surface area contributed by atoms with Crippen LogP contribution >= 0.6 is 0 Å². The predicted octanol–water partition coefficient (Wildman–Crippen LogP) is 1.74. The van der Waals surface area contributed by atoms with E-state index in [1.807, 2.05) is 0 Å². The van der Waals surface area contributed by atoms with Gasteiger partial charge in [0.25, 0.3) is 0 Å². The number of hydrogen-bond donors (Lipinski definition) is 1. The van der Waals surface area contributed by atoms with Crippen molar-refractivity contribution < 1.29 is 9.47 Å². The highest BCUT2D eigenvalue weighted by atomic mass is 16.5. The van der Waals surface area contributed by atoms with Crippen molar-refractivity contribution in [2.24, 2.45) is 0 Å². The molecule has 3 nitrogen and oxygen atoms in total. The van der Waals surface area contributed by atoms with Gasteiger partial charge in [0.2, 0.25) is 0 Å². The van der Waals surface area contributed by atoms with Crippen molar-refractivity contribution in [3.63, 3.8) is 0 Å². The van der Waals surface area contributed by atoms with Crippen LogP contribution in [0.2, 0.25) is 0 Å². The van der Waals surface area contributed by atoms with E-state index in [4.69, 9.17) is 9.47 Å². The molecule has 0 saturated carbocycles. The zero-order chi connectivity index (χ0) is 10.8. The molecule has 0 radical (unpaired) electrons. The van der Waals surface area contributed by atoms with Gasteiger partial charge in [0.15, 0.2) is 0 Å². The van der Waals surface area contributed by atoms with Gasteiger partial charge in [0.1, 0.15) is 0 Å². The Hall–Kier alpha value is -0.380. The lowest BCUT2D eigenvalue weighted by molar-refractivity contribution is 0.0535. The molecule has 0 aromatic rings. The summed E-state index contributed by atoms with van der Waals surface area (Å²) in [7, 11) is 0. The van der Waals surface area contributed by atoms with Crippen LogP contribution in [-0.2, 0) is 9.47 Å². The van der Waals surface area contributed by atoms with E-state index in [0.29, 0.717) is 25.9 Å². The number of ether oxygens (including phenoxy) is 2. The van der Waals surface area contributed by atoms with Crippen LogP contribution in [0.5, 0.6) is 0 Å². The van der Waals surface area contributed by atoms with E-state index in [-0.39, 0.29) is 0 Å². The molecule has 0 amide bonds. The van der Waals surface area contributed by atoms with Gasteiger partial charge in [-0.1, -0.05) is 12.5 Å². The van der Waals surface area contributed by atoms with Gasteiger partial charge in [0, 0.05) is 12.6 Å². The average Bonchev–Trinajstić information content (AvgIpc) is 2.29. The van der Waals surface area contributed by atoms with Crippen LogP contribution in [0.15, 0.2) is 12.7 Å². The topological polar surface area (TPSA) is 30.5 Å². The molecule has 0 spiro atoms. The molecule has 3 heteroatoms. The van der Waals surface area contributed by atoms with Crippen LogP contribution in [0, 0.1) is 0 Å². The fourth-order valence-corrected chi connectivity index (χ4v) is 1.78. The third-order valence-corrected chi connectivity index (χ3v) is 2.63. The first-order valence-corrected chi connectivity index (χ1v) is 5.93. The lowest BCUT2D eigenvalue weighted by atomic mass is 10.0. The number of nitrogens with one attached hydrogen (secondary N) is 1. The minimum Gasteiger partial charge on any atom is -0.379 e. The monoisotopic (exact) mass is 213 g/mol. The first-order valence-electron chi connectivity index (χ1n) is 5.93. The van der Waals surface area contributed by atoms with Gasteiger partial charge in [-0.05, 0) is 25.8 Å². The van der Waals surface area contributed by atoms with Crippen molar-refractivity contribution in [2.75, 3.05) is 33.0 Å². The highest BCUT2D eigenvalue weighted by Crippen LogP contribution is 2.09. The molecule has 0 unspecified atom stereocenters. The molecule has 1 aliphatic rings. The number of piperidine rings is 1. The van der Waals surface area contributed by atoms with E-state index < -0.39 is 0 Å². The molecular weight excluding hydrogens is 190 g/mol. The molecule has 88 valence electrons. The Labute approximate surface area is 92.8 Å². The molecule has 1 heterocycles. The normalized spacial score (nSPS) is 21.5. The highest BCUT2D eigenvalue weighted by molar-refractivity contribution is 4.71. The average molecular weight is 213 g/mol. The van der Waals surface area contributed by atoms with Crippen LogP contribution in [0.4, 0.5) is 0 Å². The molecule has 15 heavy (non-hydrogen) atoms. The molecule has 1 rings (SSSR count). The maximum Gasteiger partial charge on any atom is 0.0704 e. The van der Waals surface area contributed by atoms with Crippen LogP contribution in [0.25, 0.3) is 0 Å². The Kier molecular flexibility index (Phi) is 7.52. The summed E-state index contributed by atoms with van der Waals surface area (Å²) in [4.78, 5) is 0. The summed E-state index contributed by atoms with van der Waals surface area (Å²) in [6.07, 6.45) is 6.87. The maximum atomic E-state index is 5.48. The highest BCUT2D eigenvalue weighted by Gasteiger charge is 2.11. The second kappa shape index (κ2) is 8.89. The Balaban J connectivity index is 1.81. The Morgan fingerprint density at radius 3 is 2.80 bits per heavy atom. The fraction of sp³-hybridized carbons (Fsp3) is 0.833. The van der Waals surface area contributed by atoms with Crippen molar-refractivity contribution in [2.45, 2.75) is 31.7 Å². The Bertz CT molecular complexity index is 156. The number of rotatable bonds is 8. The second-order valence-electron chi connectivity index (χ2n) is 3.91. The van der Waals surface area contributed by atoms with E-state index >= 15 is 0 Å². The predicted molar refractivity (Wildman–Crippen MR) is 62.1 cm³/mol.